The first-order chi connectivity index (χ1) is 17.5. The van der Waals surface area contributed by atoms with Crippen molar-refractivity contribution < 1.29 is 9.59 Å². The maximum atomic E-state index is 13.5. The van der Waals surface area contributed by atoms with Gasteiger partial charge in [0.25, 0.3) is 5.91 Å². The van der Waals surface area contributed by atoms with Gasteiger partial charge in [0.05, 0.1) is 30.2 Å². The van der Waals surface area contributed by atoms with E-state index in [9.17, 15) is 9.59 Å². The van der Waals surface area contributed by atoms with Crippen LogP contribution in [0.25, 0.3) is 16.9 Å². The van der Waals surface area contributed by atoms with Gasteiger partial charge >= 0.3 is 0 Å². The molecule has 2 heterocycles. The van der Waals surface area contributed by atoms with Gasteiger partial charge in [0.15, 0.2) is 5.78 Å². The van der Waals surface area contributed by atoms with Crippen molar-refractivity contribution in [1.29, 1.82) is 0 Å². The van der Waals surface area contributed by atoms with E-state index in [1.807, 2.05) is 58.1 Å². The van der Waals surface area contributed by atoms with Crippen LogP contribution in [0.1, 0.15) is 76.4 Å². The highest BCUT2D eigenvalue weighted by Crippen LogP contribution is 2.37. The number of para-hydroxylation sites is 1. The third-order valence-electron chi connectivity index (χ3n) is 7.26. The van der Waals surface area contributed by atoms with Crippen molar-refractivity contribution in [2.24, 2.45) is 0 Å². The molecule has 0 unspecified atom stereocenters. The molecule has 3 aromatic carbocycles. The third kappa shape index (κ3) is 4.50. The van der Waals surface area contributed by atoms with Crippen molar-refractivity contribution >= 4 is 11.7 Å². The molecule has 0 bridgehead atoms. The van der Waals surface area contributed by atoms with Crippen LogP contribution in [0.15, 0.2) is 66.7 Å². The molecular formula is C32H33N3O2. The molecule has 1 amide bonds. The van der Waals surface area contributed by atoms with E-state index in [0.29, 0.717) is 24.2 Å². The van der Waals surface area contributed by atoms with E-state index in [-0.39, 0.29) is 17.1 Å². The maximum absolute atomic E-state index is 13.5. The van der Waals surface area contributed by atoms with Crippen LogP contribution < -0.4 is 0 Å². The molecular weight excluding hydrogens is 458 g/mol. The van der Waals surface area contributed by atoms with Crippen LogP contribution in [0.4, 0.5) is 0 Å². The van der Waals surface area contributed by atoms with Crippen LogP contribution in [-0.2, 0) is 18.5 Å². The average Bonchev–Trinajstić information content (AvgIpc) is 3.41. The summed E-state index contributed by atoms with van der Waals surface area (Å²) in [5, 5.41) is 5.05. The minimum absolute atomic E-state index is 0.00922. The molecule has 0 radical (unpaired) electrons. The zero-order valence-electron chi connectivity index (χ0n) is 22.4. The van der Waals surface area contributed by atoms with Gasteiger partial charge in [0.2, 0.25) is 0 Å². The zero-order chi connectivity index (χ0) is 26.5. The molecule has 0 atom stereocenters. The molecule has 0 saturated carbocycles. The van der Waals surface area contributed by atoms with Gasteiger partial charge in [-0.15, -0.1) is 0 Å². The van der Waals surface area contributed by atoms with Crippen molar-refractivity contribution in [2.45, 2.75) is 60.0 Å². The quantitative estimate of drug-likeness (QED) is 0.295. The number of fused-ring (bicyclic) bond motifs is 1. The second-order valence-corrected chi connectivity index (χ2v) is 11.0. The lowest BCUT2D eigenvalue weighted by molar-refractivity contribution is 0.0749. The van der Waals surface area contributed by atoms with E-state index >= 15 is 0 Å². The van der Waals surface area contributed by atoms with Crippen molar-refractivity contribution in [3.63, 3.8) is 0 Å². The largest absolute Gasteiger partial charge is 0.328 e. The lowest BCUT2D eigenvalue weighted by Crippen LogP contribution is -2.26. The minimum atomic E-state index is 0.00922. The molecule has 37 heavy (non-hydrogen) atoms. The number of carbonyl (C=O) groups is 2. The molecule has 0 aliphatic carbocycles. The molecule has 1 aromatic heterocycles. The molecule has 4 aromatic rings. The Kier molecular flexibility index (Phi) is 6.10. The molecule has 1 aliphatic heterocycles. The number of amides is 1. The Morgan fingerprint density at radius 3 is 1.97 bits per heavy atom. The van der Waals surface area contributed by atoms with Crippen LogP contribution >= 0.6 is 0 Å². The van der Waals surface area contributed by atoms with Crippen LogP contribution in [-0.4, -0.2) is 26.4 Å². The van der Waals surface area contributed by atoms with Crippen molar-refractivity contribution in [2.75, 3.05) is 0 Å². The average molecular weight is 492 g/mol. The predicted molar refractivity (Wildman–Crippen MR) is 147 cm³/mol. The fraction of sp³-hybridized carbons (Fsp3) is 0.281. The van der Waals surface area contributed by atoms with Crippen LogP contribution in [0.2, 0.25) is 0 Å². The van der Waals surface area contributed by atoms with Gasteiger partial charge in [-0.3, -0.25) is 9.59 Å². The van der Waals surface area contributed by atoms with Gasteiger partial charge in [0.1, 0.15) is 0 Å². The standard InChI is InChI=1S/C32H33N3O2/c1-20-8-7-9-21(2)29(20)35-30(24-12-10-23(11-13-24)22(3)36)27-18-34(19-28(27)33-35)31(37)25-14-16-26(17-15-25)32(4,5)6/h7-17H,18-19H2,1-6H3. The second-order valence-electron chi connectivity index (χ2n) is 11.0. The normalized spacial score (nSPS) is 13.1. The second kappa shape index (κ2) is 9.15. The first-order valence-corrected chi connectivity index (χ1v) is 12.7. The van der Waals surface area contributed by atoms with E-state index in [1.54, 1.807) is 6.92 Å². The number of Topliss-reactive ketones (excluding diaryl/α,β-unsaturated/α-hetero) is 1. The van der Waals surface area contributed by atoms with E-state index in [2.05, 4.69) is 52.8 Å². The lowest BCUT2D eigenvalue weighted by atomic mass is 9.86. The number of hydrogen-bond acceptors (Lipinski definition) is 3. The molecule has 1 aliphatic rings. The smallest absolute Gasteiger partial charge is 0.254 e. The fourth-order valence-electron chi connectivity index (χ4n) is 5.12. The Bertz CT molecular complexity index is 1480. The van der Waals surface area contributed by atoms with E-state index in [4.69, 9.17) is 5.10 Å². The van der Waals surface area contributed by atoms with Gasteiger partial charge in [0, 0.05) is 22.3 Å². The lowest BCUT2D eigenvalue weighted by Gasteiger charge is -2.21. The molecule has 5 heteroatoms. The molecule has 0 spiro atoms. The molecule has 5 rings (SSSR count). The number of aromatic nitrogens is 2. The molecule has 5 nitrogen and oxygen atoms in total. The molecule has 0 saturated heterocycles. The Balaban J connectivity index is 1.55. The summed E-state index contributed by atoms with van der Waals surface area (Å²) in [6.07, 6.45) is 0. The third-order valence-corrected chi connectivity index (χ3v) is 7.26. The molecule has 188 valence electrons. The number of nitrogens with zero attached hydrogens (tertiary/aromatic N) is 3. The summed E-state index contributed by atoms with van der Waals surface area (Å²) in [6, 6.07) is 21.9. The van der Waals surface area contributed by atoms with Gasteiger partial charge in [-0.2, -0.15) is 5.10 Å². The van der Waals surface area contributed by atoms with Crippen LogP contribution in [0, 0.1) is 13.8 Å². The van der Waals surface area contributed by atoms with Crippen LogP contribution in [0.3, 0.4) is 0 Å². The fourth-order valence-corrected chi connectivity index (χ4v) is 5.12. The number of benzene rings is 3. The summed E-state index contributed by atoms with van der Waals surface area (Å²) in [5.74, 6) is 0.0456. The number of carbonyl (C=O) groups excluding carboxylic acids is 2. The highest BCUT2D eigenvalue weighted by Gasteiger charge is 2.32. The summed E-state index contributed by atoms with van der Waals surface area (Å²) in [4.78, 5) is 27.2. The first kappa shape index (κ1) is 24.7. The number of hydrogen-bond donors (Lipinski definition) is 0. The summed E-state index contributed by atoms with van der Waals surface area (Å²) in [5.41, 5.74) is 9.84. The Morgan fingerprint density at radius 1 is 0.811 bits per heavy atom. The zero-order valence-corrected chi connectivity index (χ0v) is 22.4. The Morgan fingerprint density at radius 2 is 1.41 bits per heavy atom. The number of ketones is 1. The van der Waals surface area contributed by atoms with Gasteiger partial charge in [-0.25, -0.2) is 4.68 Å². The maximum Gasteiger partial charge on any atom is 0.254 e. The van der Waals surface area contributed by atoms with E-state index < -0.39 is 0 Å². The van der Waals surface area contributed by atoms with Gasteiger partial charge < -0.3 is 4.90 Å². The summed E-state index contributed by atoms with van der Waals surface area (Å²) in [7, 11) is 0. The minimum Gasteiger partial charge on any atom is -0.328 e. The molecule has 0 fully saturated rings. The van der Waals surface area contributed by atoms with Crippen molar-refractivity contribution in [3.8, 4) is 16.9 Å². The summed E-state index contributed by atoms with van der Waals surface area (Å²) in [6.45, 7) is 13.2. The van der Waals surface area contributed by atoms with Gasteiger partial charge in [-0.05, 0) is 55.0 Å². The monoisotopic (exact) mass is 491 g/mol. The molecule has 0 N–H and O–H groups in total. The Hall–Kier alpha value is -3.99. The van der Waals surface area contributed by atoms with Crippen LogP contribution in [0.5, 0.6) is 0 Å². The number of rotatable bonds is 4. The number of aryl methyl sites for hydroxylation is 2. The highest BCUT2D eigenvalue weighted by molar-refractivity contribution is 5.95. The SMILES string of the molecule is CC(=O)c1ccc(-c2c3c(nn2-c2c(C)cccc2C)CN(C(=O)c2ccc(C(C)(C)C)cc2)C3)cc1. The van der Waals surface area contributed by atoms with E-state index in [1.165, 1.54) is 5.56 Å². The summed E-state index contributed by atoms with van der Waals surface area (Å²) >= 11 is 0. The van der Waals surface area contributed by atoms with Crippen molar-refractivity contribution in [3.05, 3.63) is 106 Å². The topological polar surface area (TPSA) is 55.2 Å². The van der Waals surface area contributed by atoms with Crippen molar-refractivity contribution in [1.82, 2.24) is 14.7 Å². The van der Waals surface area contributed by atoms with E-state index in [0.717, 1.165) is 39.3 Å². The summed E-state index contributed by atoms with van der Waals surface area (Å²) < 4.78 is 2.03. The van der Waals surface area contributed by atoms with Gasteiger partial charge in [-0.1, -0.05) is 75.4 Å². The Labute approximate surface area is 218 Å². The first-order valence-electron chi connectivity index (χ1n) is 12.7. The highest BCUT2D eigenvalue weighted by atomic mass is 16.2. The predicted octanol–water partition coefficient (Wildman–Crippen LogP) is 6.81.